The topological polar surface area (TPSA) is 50.9 Å². The van der Waals surface area contributed by atoms with Gasteiger partial charge in [-0.2, -0.15) is 5.10 Å². The summed E-state index contributed by atoms with van der Waals surface area (Å²) >= 11 is 0. The van der Waals surface area contributed by atoms with E-state index in [9.17, 15) is 5.11 Å². The van der Waals surface area contributed by atoms with Gasteiger partial charge in [-0.1, -0.05) is 18.2 Å². The van der Waals surface area contributed by atoms with E-state index in [4.69, 9.17) is 5.10 Å². The summed E-state index contributed by atoms with van der Waals surface area (Å²) in [6, 6.07) is 20.9. The van der Waals surface area contributed by atoms with E-state index in [1.165, 1.54) is 0 Å². The molecule has 0 aliphatic heterocycles. The van der Waals surface area contributed by atoms with Crippen LogP contribution in [0.25, 0.3) is 28.0 Å². The molecule has 0 unspecified atom stereocenters. The lowest BCUT2D eigenvalue weighted by atomic mass is 10.1. The summed E-state index contributed by atoms with van der Waals surface area (Å²) in [7, 11) is 0. The number of fused-ring (bicyclic) bond motifs is 1. The van der Waals surface area contributed by atoms with Gasteiger partial charge in [-0.3, -0.25) is 0 Å². The van der Waals surface area contributed by atoms with Gasteiger partial charge < -0.3 is 5.11 Å². The van der Waals surface area contributed by atoms with Crippen molar-refractivity contribution in [3.63, 3.8) is 0 Å². The maximum absolute atomic E-state index is 9.46. The molecule has 4 aromatic rings. The molecule has 4 rings (SSSR count). The van der Waals surface area contributed by atoms with Crippen molar-refractivity contribution < 1.29 is 5.11 Å². The summed E-state index contributed by atoms with van der Waals surface area (Å²) in [4.78, 5) is 4.47. The van der Waals surface area contributed by atoms with Gasteiger partial charge in [0.05, 0.1) is 5.69 Å². The maximum atomic E-state index is 9.46. The van der Waals surface area contributed by atoms with Crippen molar-refractivity contribution in [1.29, 1.82) is 0 Å². The third-order valence-electron chi connectivity index (χ3n) is 3.58. The van der Waals surface area contributed by atoms with Gasteiger partial charge in [-0.25, -0.2) is 9.67 Å². The monoisotopic (exact) mass is 287 g/mol. The quantitative estimate of drug-likeness (QED) is 0.610. The normalized spacial score (nSPS) is 10.9. The molecule has 2 heterocycles. The van der Waals surface area contributed by atoms with Crippen molar-refractivity contribution in [1.82, 2.24) is 14.8 Å². The summed E-state index contributed by atoms with van der Waals surface area (Å²) in [5.74, 6) is 0.244. The number of para-hydroxylation sites is 1. The van der Waals surface area contributed by atoms with Gasteiger partial charge in [-0.15, -0.1) is 0 Å². The molecule has 4 heteroatoms. The molecule has 2 aromatic heterocycles. The van der Waals surface area contributed by atoms with Crippen molar-refractivity contribution >= 4 is 11.0 Å². The van der Waals surface area contributed by atoms with E-state index < -0.39 is 0 Å². The minimum Gasteiger partial charge on any atom is -0.508 e. The first-order chi connectivity index (χ1) is 10.8. The molecule has 0 fully saturated rings. The van der Waals surface area contributed by atoms with E-state index in [1.54, 1.807) is 18.3 Å². The number of aromatic hydroxyl groups is 1. The molecule has 0 aliphatic rings. The third-order valence-corrected chi connectivity index (χ3v) is 3.58. The van der Waals surface area contributed by atoms with Crippen LogP contribution in [0.3, 0.4) is 0 Å². The Morgan fingerprint density at radius 2 is 1.59 bits per heavy atom. The average molecular weight is 287 g/mol. The van der Waals surface area contributed by atoms with Crippen LogP contribution >= 0.6 is 0 Å². The Bertz CT molecular complexity index is 928. The van der Waals surface area contributed by atoms with E-state index in [0.29, 0.717) is 0 Å². The Morgan fingerprint density at radius 1 is 0.818 bits per heavy atom. The molecule has 2 aromatic carbocycles. The predicted octanol–water partition coefficient (Wildman–Crippen LogP) is 3.79. The summed E-state index contributed by atoms with van der Waals surface area (Å²) in [5.41, 5.74) is 3.59. The molecule has 0 spiro atoms. The van der Waals surface area contributed by atoms with E-state index in [-0.39, 0.29) is 5.75 Å². The minimum atomic E-state index is 0.244. The zero-order valence-electron chi connectivity index (χ0n) is 11.7. The van der Waals surface area contributed by atoms with Crippen LogP contribution in [0, 0.1) is 0 Å². The highest BCUT2D eigenvalue weighted by molar-refractivity contribution is 5.92. The van der Waals surface area contributed by atoms with Gasteiger partial charge in [0.25, 0.3) is 0 Å². The third kappa shape index (κ3) is 2.02. The Morgan fingerprint density at radius 3 is 2.36 bits per heavy atom. The Balaban J connectivity index is 1.99. The molecular formula is C18H13N3O. The number of nitrogens with zero attached hydrogens (tertiary/aromatic N) is 3. The summed E-state index contributed by atoms with van der Waals surface area (Å²) in [6.07, 6.45) is 1.77. The second-order valence-corrected chi connectivity index (χ2v) is 5.02. The first-order valence-corrected chi connectivity index (χ1v) is 7.01. The van der Waals surface area contributed by atoms with Gasteiger partial charge in [0.2, 0.25) is 0 Å². The zero-order valence-corrected chi connectivity index (χ0v) is 11.7. The lowest BCUT2D eigenvalue weighted by Gasteiger charge is -2.01. The molecule has 22 heavy (non-hydrogen) atoms. The number of hydrogen-bond acceptors (Lipinski definition) is 3. The first kappa shape index (κ1) is 12.6. The molecule has 0 aliphatic carbocycles. The molecule has 106 valence electrons. The molecule has 0 amide bonds. The Kier molecular flexibility index (Phi) is 2.86. The van der Waals surface area contributed by atoms with Crippen molar-refractivity contribution in [3.8, 4) is 22.7 Å². The van der Waals surface area contributed by atoms with Crippen LogP contribution < -0.4 is 0 Å². The number of phenols is 1. The van der Waals surface area contributed by atoms with Crippen LogP contribution in [0.2, 0.25) is 0 Å². The van der Waals surface area contributed by atoms with Crippen LogP contribution in [0.5, 0.6) is 5.75 Å². The lowest BCUT2D eigenvalue weighted by Crippen LogP contribution is -1.97. The van der Waals surface area contributed by atoms with Gasteiger partial charge >= 0.3 is 0 Å². The molecule has 0 saturated heterocycles. The van der Waals surface area contributed by atoms with E-state index in [0.717, 1.165) is 28.0 Å². The van der Waals surface area contributed by atoms with Gasteiger partial charge in [-0.05, 0) is 48.5 Å². The number of pyridine rings is 1. The van der Waals surface area contributed by atoms with Crippen molar-refractivity contribution in [2.75, 3.05) is 0 Å². The van der Waals surface area contributed by atoms with E-state index >= 15 is 0 Å². The number of phenolic OH excluding ortho intramolecular Hbond substituents is 1. The molecule has 0 radical (unpaired) electrons. The highest BCUT2D eigenvalue weighted by Crippen LogP contribution is 2.29. The summed E-state index contributed by atoms with van der Waals surface area (Å²) in [6.45, 7) is 0. The predicted molar refractivity (Wildman–Crippen MR) is 86.0 cm³/mol. The second-order valence-electron chi connectivity index (χ2n) is 5.02. The van der Waals surface area contributed by atoms with E-state index in [2.05, 4.69) is 4.98 Å². The fourth-order valence-corrected chi connectivity index (χ4v) is 2.53. The molecule has 0 atom stereocenters. The number of hydrogen-bond donors (Lipinski definition) is 1. The molecular weight excluding hydrogens is 274 g/mol. The number of aromatic nitrogens is 3. The SMILES string of the molecule is Oc1ccc(-c2nn(-c3ccccc3)c3ncccc23)cc1. The van der Waals surface area contributed by atoms with Crippen molar-refractivity contribution in [2.24, 2.45) is 0 Å². The van der Waals surface area contributed by atoms with Gasteiger partial charge in [0, 0.05) is 17.1 Å². The number of benzene rings is 2. The molecule has 0 saturated carbocycles. The number of rotatable bonds is 2. The molecule has 1 N–H and O–H groups in total. The van der Waals surface area contributed by atoms with Gasteiger partial charge in [0.1, 0.15) is 11.4 Å². The first-order valence-electron chi connectivity index (χ1n) is 7.01. The van der Waals surface area contributed by atoms with Gasteiger partial charge in [0.15, 0.2) is 5.65 Å². The zero-order chi connectivity index (χ0) is 14.9. The average Bonchev–Trinajstić information content (AvgIpc) is 2.96. The highest BCUT2D eigenvalue weighted by atomic mass is 16.3. The fourth-order valence-electron chi connectivity index (χ4n) is 2.53. The van der Waals surface area contributed by atoms with Crippen LogP contribution in [-0.2, 0) is 0 Å². The summed E-state index contributed by atoms with van der Waals surface area (Å²) < 4.78 is 1.84. The lowest BCUT2D eigenvalue weighted by molar-refractivity contribution is 0.475. The van der Waals surface area contributed by atoms with Crippen LogP contribution in [-0.4, -0.2) is 19.9 Å². The largest absolute Gasteiger partial charge is 0.508 e. The Hall–Kier alpha value is -3.14. The molecule has 0 bridgehead atoms. The standard InChI is InChI=1S/C18H13N3O/c22-15-10-8-13(9-11-15)17-16-7-4-12-19-18(16)21(20-17)14-5-2-1-3-6-14/h1-12,22H. The van der Waals surface area contributed by atoms with Crippen molar-refractivity contribution in [2.45, 2.75) is 0 Å². The van der Waals surface area contributed by atoms with Crippen LogP contribution in [0.15, 0.2) is 72.9 Å². The Labute approximate surface area is 127 Å². The van der Waals surface area contributed by atoms with Crippen LogP contribution in [0.4, 0.5) is 0 Å². The maximum Gasteiger partial charge on any atom is 0.163 e. The van der Waals surface area contributed by atoms with E-state index in [1.807, 2.05) is 59.3 Å². The van der Waals surface area contributed by atoms with Crippen molar-refractivity contribution in [3.05, 3.63) is 72.9 Å². The fraction of sp³-hybridized carbons (Fsp3) is 0. The smallest absolute Gasteiger partial charge is 0.163 e. The summed E-state index contributed by atoms with van der Waals surface area (Å²) in [5, 5.41) is 15.2. The second kappa shape index (κ2) is 5.00. The molecule has 4 nitrogen and oxygen atoms in total. The highest BCUT2D eigenvalue weighted by Gasteiger charge is 2.14. The van der Waals surface area contributed by atoms with Crippen LogP contribution in [0.1, 0.15) is 0 Å². The minimum absolute atomic E-state index is 0.244.